The van der Waals surface area contributed by atoms with Gasteiger partial charge in [0.25, 0.3) is 5.91 Å². The molecule has 0 bridgehead atoms. The van der Waals surface area contributed by atoms with Crippen LogP contribution in [0.5, 0.6) is 0 Å². The molecule has 138 valence electrons. The summed E-state index contributed by atoms with van der Waals surface area (Å²) in [6.07, 6.45) is 5.51. The second kappa shape index (κ2) is 6.94. The molecule has 1 saturated carbocycles. The van der Waals surface area contributed by atoms with E-state index in [-0.39, 0.29) is 11.9 Å². The molecule has 1 atom stereocenters. The summed E-state index contributed by atoms with van der Waals surface area (Å²) in [5.74, 6) is -0.0248. The fraction of sp³-hybridized carbons (Fsp3) is 0.333. The predicted molar refractivity (Wildman–Crippen MR) is 107 cm³/mol. The molecule has 1 aromatic carbocycles. The van der Waals surface area contributed by atoms with Crippen LogP contribution in [0.2, 0.25) is 0 Å². The van der Waals surface area contributed by atoms with Gasteiger partial charge in [-0.15, -0.1) is 11.3 Å². The first kappa shape index (κ1) is 16.7. The molecule has 1 amide bonds. The molecule has 1 aliphatic carbocycles. The molecule has 5 rings (SSSR count). The van der Waals surface area contributed by atoms with Crippen LogP contribution in [-0.2, 0) is 0 Å². The van der Waals surface area contributed by atoms with Crippen LogP contribution in [0, 0.1) is 0 Å². The van der Waals surface area contributed by atoms with Gasteiger partial charge in [-0.3, -0.25) is 9.69 Å². The van der Waals surface area contributed by atoms with Crippen LogP contribution in [0.25, 0.3) is 16.3 Å². The monoisotopic (exact) mass is 378 g/mol. The van der Waals surface area contributed by atoms with E-state index < -0.39 is 0 Å². The van der Waals surface area contributed by atoms with Gasteiger partial charge in [-0.2, -0.15) is 5.10 Å². The number of aromatic nitrogens is 2. The van der Waals surface area contributed by atoms with Gasteiger partial charge in [0.2, 0.25) is 0 Å². The Kier molecular flexibility index (Phi) is 4.30. The van der Waals surface area contributed by atoms with Crippen LogP contribution >= 0.6 is 11.3 Å². The van der Waals surface area contributed by atoms with Gasteiger partial charge in [0, 0.05) is 31.4 Å². The Morgan fingerprint density at radius 2 is 1.96 bits per heavy atom. The number of rotatable bonds is 5. The number of nitrogens with zero attached hydrogens (tertiary/aromatic N) is 3. The van der Waals surface area contributed by atoms with E-state index in [1.54, 1.807) is 16.0 Å². The lowest BCUT2D eigenvalue weighted by atomic mass is 10.2. The van der Waals surface area contributed by atoms with Crippen LogP contribution in [0.4, 0.5) is 0 Å². The van der Waals surface area contributed by atoms with Crippen LogP contribution < -0.4 is 5.32 Å². The lowest BCUT2D eigenvalue weighted by Crippen LogP contribution is -2.37. The van der Waals surface area contributed by atoms with Crippen LogP contribution in [0.3, 0.4) is 0 Å². The molecule has 3 heterocycles. The Morgan fingerprint density at radius 1 is 1.11 bits per heavy atom. The molecular formula is C21H22N4OS. The van der Waals surface area contributed by atoms with Crippen LogP contribution in [0.15, 0.2) is 54.0 Å². The molecule has 27 heavy (non-hydrogen) atoms. The Morgan fingerprint density at radius 3 is 2.70 bits per heavy atom. The zero-order valence-corrected chi connectivity index (χ0v) is 15.9. The fourth-order valence-corrected chi connectivity index (χ4v) is 4.51. The van der Waals surface area contributed by atoms with Crippen molar-refractivity contribution >= 4 is 17.2 Å². The molecule has 1 saturated heterocycles. The topological polar surface area (TPSA) is 50.2 Å². The van der Waals surface area contributed by atoms with Crippen molar-refractivity contribution in [2.24, 2.45) is 0 Å². The maximum Gasteiger partial charge on any atom is 0.255 e. The number of nitrogens with one attached hydrogen (secondary N) is 1. The summed E-state index contributed by atoms with van der Waals surface area (Å²) in [7, 11) is 0. The summed E-state index contributed by atoms with van der Waals surface area (Å²) in [5.41, 5.74) is 2.35. The summed E-state index contributed by atoms with van der Waals surface area (Å²) in [4.78, 5) is 16.6. The first-order valence-electron chi connectivity index (χ1n) is 9.52. The smallest absolute Gasteiger partial charge is 0.255 e. The van der Waals surface area contributed by atoms with Gasteiger partial charge >= 0.3 is 0 Å². The average Bonchev–Trinajstić information content (AvgIpc) is 3.11. The number of benzene rings is 1. The van der Waals surface area contributed by atoms with Crippen molar-refractivity contribution in [1.29, 1.82) is 0 Å². The number of thiophene rings is 1. The first-order valence-corrected chi connectivity index (χ1v) is 10.4. The number of hydrogen-bond acceptors (Lipinski definition) is 4. The molecule has 1 aliphatic heterocycles. The van der Waals surface area contributed by atoms with Gasteiger partial charge < -0.3 is 5.32 Å². The van der Waals surface area contributed by atoms with Crippen molar-refractivity contribution in [1.82, 2.24) is 20.0 Å². The van der Waals surface area contributed by atoms with Gasteiger partial charge in [-0.1, -0.05) is 24.3 Å². The molecule has 6 heteroatoms. The molecule has 1 N–H and O–H groups in total. The van der Waals surface area contributed by atoms with Gasteiger partial charge in [0.05, 0.1) is 16.1 Å². The van der Waals surface area contributed by atoms with E-state index in [1.807, 2.05) is 54.0 Å². The van der Waals surface area contributed by atoms with E-state index in [9.17, 15) is 4.79 Å². The first-order chi connectivity index (χ1) is 13.3. The fourth-order valence-electron chi connectivity index (χ4n) is 3.79. The van der Waals surface area contributed by atoms with Crippen LogP contribution in [-0.4, -0.2) is 45.8 Å². The van der Waals surface area contributed by atoms with Gasteiger partial charge in [-0.05, 0) is 42.8 Å². The normalized spacial score (nSPS) is 20.1. The van der Waals surface area contributed by atoms with Crippen molar-refractivity contribution in [3.63, 3.8) is 0 Å². The summed E-state index contributed by atoms with van der Waals surface area (Å²) < 4.78 is 1.80. The Bertz CT molecular complexity index is 931. The van der Waals surface area contributed by atoms with Crippen LogP contribution in [0.1, 0.15) is 29.6 Å². The minimum atomic E-state index is -0.0248. The van der Waals surface area contributed by atoms with Crippen molar-refractivity contribution in [2.45, 2.75) is 31.3 Å². The maximum absolute atomic E-state index is 13.1. The predicted octanol–water partition coefficient (Wildman–Crippen LogP) is 3.57. The summed E-state index contributed by atoms with van der Waals surface area (Å²) in [6, 6.07) is 14.9. The number of carbonyl (C=O) groups excluding carboxylic acids is 1. The zero-order valence-electron chi connectivity index (χ0n) is 15.0. The molecule has 0 spiro atoms. The number of carbonyl (C=O) groups is 1. The Labute approximate surface area is 162 Å². The minimum absolute atomic E-state index is 0.0248. The maximum atomic E-state index is 13.1. The molecule has 2 aliphatic rings. The molecule has 0 unspecified atom stereocenters. The number of para-hydroxylation sites is 1. The second-order valence-electron chi connectivity index (χ2n) is 7.33. The van der Waals surface area contributed by atoms with Crippen molar-refractivity contribution in [3.8, 4) is 16.3 Å². The van der Waals surface area contributed by atoms with E-state index in [4.69, 9.17) is 5.10 Å². The summed E-state index contributed by atoms with van der Waals surface area (Å²) in [5, 5.41) is 9.99. The Balaban J connectivity index is 1.41. The summed E-state index contributed by atoms with van der Waals surface area (Å²) >= 11 is 1.61. The molecular weight excluding hydrogens is 356 g/mol. The molecule has 2 fully saturated rings. The second-order valence-corrected chi connectivity index (χ2v) is 8.28. The molecule has 3 aromatic rings. The third-order valence-corrected chi connectivity index (χ3v) is 6.23. The molecule has 0 radical (unpaired) electrons. The van der Waals surface area contributed by atoms with E-state index in [2.05, 4.69) is 10.2 Å². The largest absolute Gasteiger partial charge is 0.348 e. The van der Waals surface area contributed by atoms with Crippen molar-refractivity contribution in [2.75, 3.05) is 13.1 Å². The standard InChI is InChI=1S/C21H22N4OS/c26-21(22-15-10-11-24(13-15)16-8-9-16)18-14-25(17-5-2-1-3-6-17)23-20(18)19-7-4-12-27-19/h1-7,12,14-16H,8-11,13H2,(H,22,26)/t15-/m1/s1. The van der Waals surface area contributed by atoms with Gasteiger partial charge in [0.1, 0.15) is 5.69 Å². The molecule has 5 nitrogen and oxygen atoms in total. The number of amides is 1. The lowest BCUT2D eigenvalue weighted by Gasteiger charge is -2.15. The quantitative estimate of drug-likeness (QED) is 0.738. The lowest BCUT2D eigenvalue weighted by molar-refractivity contribution is 0.0938. The van der Waals surface area contributed by atoms with E-state index in [0.29, 0.717) is 5.56 Å². The van der Waals surface area contributed by atoms with E-state index in [0.717, 1.165) is 41.8 Å². The average molecular weight is 379 g/mol. The van der Waals surface area contributed by atoms with Gasteiger partial charge in [-0.25, -0.2) is 4.68 Å². The van der Waals surface area contributed by atoms with E-state index in [1.165, 1.54) is 12.8 Å². The number of likely N-dealkylation sites (tertiary alicyclic amines) is 1. The number of hydrogen-bond donors (Lipinski definition) is 1. The highest BCUT2D eigenvalue weighted by atomic mass is 32.1. The van der Waals surface area contributed by atoms with Crippen molar-refractivity contribution < 1.29 is 4.79 Å². The highest BCUT2D eigenvalue weighted by Crippen LogP contribution is 2.31. The highest BCUT2D eigenvalue weighted by molar-refractivity contribution is 7.13. The summed E-state index contributed by atoms with van der Waals surface area (Å²) in [6.45, 7) is 2.06. The third-order valence-electron chi connectivity index (χ3n) is 5.35. The Hall–Kier alpha value is -2.44. The molecule has 2 aromatic heterocycles. The zero-order chi connectivity index (χ0) is 18.2. The van der Waals surface area contributed by atoms with E-state index >= 15 is 0 Å². The van der Waals surface area contributed by atoms with Gasteiger partial charge in [0.15, 0.2) is 0 Å². The van der Waals surface area contributed by atoms with Crippen molar-refractivity contribution in [3.05, 3.63) is 59.6 Å². The highest BCUT2D eigenvalue weighted by Gasteiger charge is 2.35. The SMILES string of the molecule is O=C(N[C@@H]1CCN(C2CC2)C1)c1cn(-c2ccccc2)nc1-c1cccs1. The minimum Gasteiger partial charge on any atom is -0.348 e. The third kappa shape index (κ3) is 3.42.